The lowest BCUT2D eigenvalue weighted by Crippen LogP contribution is -2.27. The second-order valence-electron chi connectivity index (χ2n) is 3.75. The van der Waals surface area contributed by atoms with Gasteiger partial charge in [0.25, 0.3) is 0 Å². The molecule has 1 aromatic rings. The highest BCUT2D eigenvalue weighted by Crippen LogP contribution is 2.27. The minimum atomic E-state index is -3.62. The van der Waals surface area contributed by atoms with E-state index in [1.807, 2.05) is 6.07 Å². The lowest BCUT2D eigenvalue weighted by Gasteiger charge is -2.19. The Morgan fingerprint density at radius 2 is 1.81 bits per heavy atom. The van der Waals surface area contributed by atoms with Crippen molar-refractivity contribution in [3.05, 3.63) is 29.3 Å². The van der Waals surface area contributed by atoms with Gasteiger partial charge in [0.05, 0.1) is 0 Å². The molecule has 1 aliphatic carbocycles. The molecule has 0 saturated carbocycles. The largest absolute Gasteiger partial charge is 0.384 e. The average molecular weight is 264 g/mol. The number of halogens is 1. The topological polar surface area (TPSA) is 46.6 Å². The van der Waals surface area contributed by atoms with Crippen LogP contribution in [0.15, 0.2) is 18.2 Å². The first kappa shape index (κ1) is 13.3. The predicted octanol–water partition coefficient (Wildman–Crippen LogP) is 1.39. The molecule has 0 atom stereocenters. The van der Waals surface area contributed by atoms with Gasteiger partial charge in [0.1, 0.15) is 5.75 Å². The molecule has 0 aromatic heterocycles. The van der Waals surface area contributed by atoms with E-state index in [1.54, 1.807) is 12.1 Å². The van der Waals surface area contributed by atoms with Crippen LogP contribution in [0.2, 0.25) is 0 Å². The third-order valence-corrected chi connectivity index (χ3v) is 3.79. The van der Waals surface area contributed by atoms with Gasteiger partial charge in [-0.3, -0.25) is 0 Å². The summed E-state index contributed by atoms with van der Waals surface area (Å²) < 4.78 is 28.8. The van der Waals surface area contributed by atoms with Crippen molar-refractivity contribution in [2.75, 3.05) is 14.1 Å². The summed E-state index contributed by atoms with van der Waals surface area (Å²) in [5.41, 5.74) is 2.46. The van der Waals surface area contributed by atoms with Gasteiger partial charge >= 0.3 is 10.3 Å². The third-order valence-electron chi connectivity index (χ3n) is 2.49. The van der Waals surface area contributed by atoms with Gasteiger partial charge in [-0.05, 0) is 36.1 Å². The van der Waals surface area contributed by atoms with Crippen molar-refractivity contribution in [3.8, 4) is 5.75 Å². The van der Waals surface area contributed by atoms with E-state index in [4.69, 9.17) is 4.18 Å². The number of nitrogens with zero attached hydrogens (tertiary/aromatic N) is 1. The van der Waals surface area contributed by atoms with Crippen molar-refractivity contribution >= 4 is 22.7 Å². The summed E-state index contributed by atoms with van der Waals surface area (Å²) in [4.78, 5) is 0. The van der Waals surface area contributed by atoms with Crippen LogP contribution in [0.4, 0.5) is 0 Å². The number of hydrogen-bond acceptors (Lipinski definition) is 3. The minimum Gasteiger partial charge on any atom is -0.371 e. The minimum absolute atomic E-state index is 0. The molecule has 0 aliphatic heterocycles. The van der Waals surface area contributed by atoms with Crippen LogP contribution in [0, 0.1) is 0 Å². The van der Waals surface area contributed by atoms with Crippen molar-refractivity contribution in [1.29, 1.82) is 0 Å². The summed E-state index contributed by atoms with van der Waals surface area (Å²) in [5, 5.41) is 0. The van der Waals surface area contributed by atoms with Crippen molar-refractivity contribution in [1.82, 2.24) is 4.31 Å². The van der Waals surface area contributed by atoms with Crippen LogP contribution in [-0.4, -0.2) is 26.8 Å². The van der Waals surface area contributed by atoms with Crippen molar-refractivity contribution in [2.24, 2.45) is 0 Å². The highest BCUT2D eigenvalue weighted by molar-refractivity contribution is 7.84. The van der Waals surface area contributed by atoms with Gasteiger partial charge < -0.3 is 4.18 Å². The normalized spacial score (nSPS) is 13.7. The van der Waals surface area contributed by atoms with Crippen LogP contribution < -0.4 is 4.18 Å². The molecule has 1 aliphatic rings. The second kappa shape index (κ2) is 4.61. The van der Waals surface area contributed by atoms with Gasteiger partial charge in [-0.15, -0.1) is 12.4 Å². The van der Waals surface area contributed by atoms with E-state index in [0.717, 1.165) is 17.1 Å². The summed E-state index contributed by atoms with van der Waals surface area (Å²) in [6, 6.07) is 5.40. The Morgan fingerprint density at radius 1 is 1.19 bits per heavy atom. The van der Waals surface area contributed by atoms with E-state index in [2.05, 4.69) is 0 Å². The van der Waals surface area contributed by atoms with Crippen LogP contribution in [0.25, 0.3) is 0 Å². The van der Waals surface area contributed by atoms with E-state index < -0.39 is 10.3 Å². The summed E-state index contributed by atoms with van der Waals surface area (Å²) in [6.45, 7) is 0. The molecule has 4 nitrogen and oxygen atoms in total. The maximum atomic E-state index is 11.4. The fourth-order valence-corrected chi connectivity index (χ4v) is 1.92. The first-order chi connectivity index (χ1) is 6.99. The standard InChI is InChI=1S/C10H13NO3S.ClH/c1-11(2)15(12,13)14-10-6-5-8-3-4-9(8)7-10;/h5-7H,3-4H2,1-2H3;1H. The molecule has 0 radical (unpaired) electrons. The summed E-state index contributed by atoms with van der Waals surface area (Å²) in [5.74, 6) is 0.391. The molecule has 0 bridgehead atoms. The van der Waals surface area contributed by atoms with E-state index in [0.29, 0.717) is 5.75 Å². The fourth-order valence-electron chi connectivity index (χ4n) is 1.42. The van der Waals surface area contributed by atoms with E-state index in [-0.39, 0.29) is 12.4 Å². The molecule has 16 heavy (non-hydrogen) atoms. The van der Waals surface area contributed by atoms with Crippen molar-refractivity contribution in [3.63, 3.8) is 0 Å². The fraction of sp³-hybridized carbons (Fsp3) is 0.400. The van der Waals surface area contributed by atoms with Crippen LogP contribution in [0.5, 0.6) is 5.75 Å². The molecule has 0 N–H and O–H groups in total. The average Bonchev–Trinajstić information content (AvgIpc) is 2.09. The Kier molecular flexibility index (Phi) is 3.83. The lowest BCUT2D eigenvalue weighted by molar-refractivity contribution is 0.421. The van der Waals surface area contributed by atoms with E-state index in [1.165, 1.54) is 25.2 Å². The molecule has 2 rings (SSSR count). The van der Waals surface area contributed by atoms with Crippen LogP contribution in [0.1, 0.15) is 11.1 Å². The second-order valence-corrected chi connectivity index (χ2v) is 5.51. The van der Waals surface area contributed by atoms with E-state index >= 15 is 0 Å². The van der Waals surface area contributed by atoms with Crippen LogP contribution in [-0.2, 0) is 23.1 Å². The highest BCUT2D eigenvalue weighted by atomic mass is 35.5. The van der Waals surface area contributed by atoms with Crippen LogP contribution >= 0.6 is 12.4 Å². The summed E-state index contributed by atoms with van der Waals surface area (Å²) in [7, 11) is -0.742. The molecule has 0 fully saturated rings. The Balaban J connectivity index is 0.00000128. The molecule has 1 aromatic carbocycles. The molecule has 0 spiro atoms. The summed E-state index contributed by atoms with van der Waals surface area (Å²) in [6.07, 6.45) is 2.09. The quantitative estimate of drug-likeness (QED) is 0.828. The van der Waals surface area contributed by atoms with Gasteiger partial charge in [-0.1, -0.05) is 6.07 Å². The summed E-state index contributed by atoms with van der Waals surface area (Å²) >= 11 is 0. The number of aryl methyl sites for hydroxylation is 2. The monoisotopic (exact) mass is 263 g/mol. The first-order valence-electron chi connectivity index (χ1n) is 4.73. The van der Waals surface area contributed by atoms with Crippen LogP contribution in [0.3, 0.4) is 0 Å². The number of rotatable bonds is 3. The lowest BCUT2D eigenvalue weighted by atomic mass is 9.89. The molecule has 0 heterocycles. The number of benzene rings is 1. The number of fused-ring (bicyclic) bond motifs is 1. The van der Waals surface area contributed by atoms with Crippen molar-refractivity contribution < 1.29 is 12.6 Å². The Bertz CT molecular complexity index is 485. The first-order valence-corrected chi connectivity index (χ1v) is 6.09. The number of hydrogen-bond donors (Lipinski definition) is 0. The van der Waals surface area contributed by atoms with Gasteiger partial charge in [-0.25, -0.2) is 0 Å². The van der Waals surface area contributed by atoms with Gasteiger partial charge in [0.2, 0.25) is 0 Å². The molecule has 0 unspecified atom stereocenters. The predicted molar refractivity (Wildman–Crippen MR) is 64.3 cm³/mol. The Hall–Kier alpha value is -0.780. The van der Waals surface area contributed by atoms with Crippen molar-refractivity contribution in [2.45, 2.75) is 12.8 Å². The zero-order valence-corrected chi connectivity index (χ0v) is 10.8. The molecule has 90 valence electrons. The maximum absolute atomic E-state index is 11.4. The van der Waals surface area contributed by atoms with Gasteiger partial charge in [0, 0.05) is 14.1 Å². The maximum Gasteiger partial charge on any atom is 0.384 e. The molecular formula is C10H14ClNO3S. The molecule has 6 heteroatoms. The molecule has 0 amide bonds. The zero-order valence-electron chi connectivity index (χ0n) is 9.13. The Labute approximate surface area is 102 Å². The van der Waals surface area contributed by atoms with Gasteiger partial charge in [0.15, 0.2) is 0 Å². The Morgan fingerprint density at radius 3 is 2.25 bits per heavy atom. The molecular weight excluding hydrogens is 250 g/mol. The SMILES string of the molecule is CN(C)S(=O)(=O)Oc1ccc2c(c1)CC2.Cl. The zero-order chi connectivity index (χ0) is 11.1. The van der Waals surface area contributed by atoms with Gasteiger partial charge in [-0.2, -0.15) is 12.7 Å². The smallest absolute Gasteiger partial charge is 0.371 e. The highest BCUT2D eigenvalue weighted by Gasteiger charge is 2.18. The van der Waals surface area contributed by atoms with E-state index in [9.17, 15) is 8.42 Å². The third kappa shape index (κ3) is 2.48. The molecule has 0 saturated heterocycles.